The van der Waals surface area contributed by atoms with Gasteiger partial charge in [-0.15, -0.1) is 0 Å². The first-order chi connectivity index (χ1) is 15.9. The van der Waals surface area contributed by atoms with Crippen LogP contribution in [0.5, 0.6) is 5.75 Å². The van der Waals surface area contributed by atoms with Gasteiger partial charge in [-0.1, -0.05) is 29.8 Å². The third-order valence-corrected chi connectivity index (χ3v) is 6.58. The molecule has 8 nitrogen and oxygen atoms in total. The Morgan fingerprint density at radius 2 is 1.85 bits per heavy atom. The number of hydrogen-bond donors (Lipinski definition) is 4. The Morgan fingerprint density at radius 1 is 1.09 bits per heavy atom. The maximum atomic E-state index is 10.7. The molecule has 0 aliphatic carbocycles. The average molecular weight is 481 g/mol. The van der Waals surface area contributed by atoms with E-state index in [4.69, 9.17) is 30.5 Å². The van der Waals surface area contributed by atoms with Gasteiger partial charge in [-0.2, -0.15) is 0 Å². The standard InChI is InChI=1S/C24H29ClO8/c1-30-24(23(29)22(28)21(27)20(12-26)33-24)16-4-7-19(25)15(11-16)10-14-2-5-17(6-3-14)32-18-8-9-31-13-18/h2-7,11,18,20-23,26-29H,8-10,12-13H2,1H3/t18?,20-,21-,22+,23-,24+/m0/s1. The lowest BCUT2D eigenvalue weighted by Crippen LogP contribution is -2.64. The predicted octanol–water partition coefficient (Wildman–Crippen LogP) is 1.37. The van der Waals surface area contributed by atoms with Gasteiger partial charge in [0.2, 0.25) is 5.79 Å². The van der Waals surface area contributed by atoms with E-state index < -0.39 is 36.8 Å². The van der Waals surface area contributed by atoms with Gasteiger partial charge in [-0.3, -0.25) is 0 Å². The second-order valence-electron chi connectivity index (χ2n) is 8.37. The molecule has 2 heterocycles. The maximum absolute atomic E-state index is 10.7. The molecule has 2 aliphatic heterocycles. The van der Waals surface area contributed by atoms with Crippen LogP contribution in [0.25, 0.3) is 0 Å². The molecule has 2 aromatic carbocycles. The Balaban J connectivity index is 1.57. The highest BCUT2D eigenvalue weighted by atomic mass is 35.5. The summed E-state index contributed by atoms with van der Waals surface area (Å²) in [5.41, 5.74) is 2.15. The fourth-order valence-corrected chi connectivity index (χ4v) is 4.48. The van der Waals surface area contributed by atoms with Gasteiger partial charge in [0.25, 0.3) is 0 Å². The number of aliphatic hydroxyl groups is 4. The number of methoxy groups -OCH3 is 1. The zero-order chi connectivity index (χ0) is 23.6. The molecule has 4 rings (SSSR count). The maximum Gasteiger partial charge on any atom is 0.224 e. The summed E-state index contributed by atoms with van der Waals surface area (Å²) in [4.78, 5) is 0. The first-order valence-corrected chi connectivity index (χ1v) is 11.3. The summed E-state index contributed by atoms with van der Waals surface area (Å²) >= 11 is 6.45. The van der Waals surface area contributed by atoms with Crippen molar-refractivity contribution in [2.75, 3.05) is 26.9 Å². The fraction of sp³-hybridized carbons (Fsp3) is 0.500. The van der Waals surface area contributed by atoms with Crippen LogP contribution in [0.15, 0.2) is 42.5 Å². The number of benzene rings is 2. The van der Waals surface area contributed by atoms with Crippen molar-refractivity contribution in [3.63, 3.8) is 0 Å². The minimum Gasteiger partial charge on any atom is -0.488 e. The van der Waals surface area contributed by atoms with Crippen LogP contribution >= 0.6 is 11.6 Å². The van der Waals surface area contributed by atoms with Crippen molar-refractivity contribution in [3.05, 3.63) is 64.2 Å². The topological polar surface area (TPSA) is 118 Å². The average Bonchev–Trinajstić information content (AvgIpc) is 3.34. The van der Waals surface area contributed by atoms with Gasteiger partial charge in [0, 0.05) is 24.1 Å². The number of ether oxygens (including phenoxy) is 4. The van der Waals surface area contributed by atoms with E-state index in [1.165, 1.54) is 7.11 Å². The van der Waals surface area contributed by atoms with Gasteiger partial charge in [0.1, 0.15) is 36.3 Å². The van der Waals surface area contributed by atoms with E-state index >= 15 is 0 Å². The fourth-order valence-electron chi connectivity index (χ4n) is 4.30. The molecule has 6 atom stereocenters. The summed E-state index contributed by atoms with van der Waals surface area (Å²) in [6.07, 6.45) is -4.33. The van der Waals surface area contributed by atoms with E-state index in [9.17, 15) is 20.4 Å². The monoisotopic (exact) mass is 480 g/mol. The van der Waals surface area contributed by atoms with E-state index in [2.05, 4.69) is 0 Å². The molecule has 2 fully saturated rings. The van der Waals surface area contributed by atoms with Crippen LogP contribution in [0.4, 0.5) is 0 Å². The molecule has 1 unspecified atom stereocenters. The molecule has 33 heavy (non-hydrogen) atoms. The molecular formula is C24H29ClO8. The summed E-state index contributed by atoms with van der Waals surface area (Å²) in [6, 6.07) is 12.7. The Hall–Kier alpha value is -1.75. The normalized spacial score (nSPS) is 32.1. The number of hydrogen-bond acceptors (Lipinski definition) is 8. The van der Waals surface area contributed by atoms with Crippen LogP contribution in [0.1, 0.15) is 23.1 Å². The Kier molecular flexibility index (Phi) is 7.57. The van der Waals surface area contributed by atoms with Crippen LogP contribution in [0.2, 0.25) is 5.02 Å². The summed E-state index contributed by atoms with van der Waals surface area (Å²) < 4.78 is 22.5. The summed E-state index contributed by atoms with van der Waals surface area (Å²) in [7, 11) is 1.32. The van der Waals surface area contributed by atoms with Gasteiger partial charge in [0.05, 0.1) is 19.8 Å². The van der Waals surface area contributed by atoms with Gasteiger partial charge in [0.15, 0.2) is 0 Å². The minimum absolute atomic E-state index is 0.0748. The van der Waals surface area contributed by atoms with E-state index in [0.717, 1.165) is 23.3 Å². The quantitative estimate of drug-likeness (QED) is 0.469. The van der Waals surface area contributed by atoms with Gasteiger partial charge in [-0.05, 0) is 41.8 Å². The molecule has 2 aromatic rings. The van der Waals surface area contributed by atoms with Crippen molar-refractivity contribution in [3.8, 4) is 5.75 Å². The molecule has 9 heteroatoms. The van der Waals surface area contributed by atoms with Crippen LogP contribution in [0, 0.1) is 0 Å². The molecule has 0 aromatic heterocycles. The van der Waals surface area contributed by atoms with Crippen molar-refractivity contribution < 1.29 is 39.4 Å². The van der Waals surface area contributed by atoms with Gasteiger partial charge >= 0.3 is 0 Å². The first-order valence-electron chi connectivity index (χ1n) is 10.9. The highest BCUT2D eigenvalue weighted by Gasteiger charge is 2.55. The second-order valence-corrected chi connectivity index (χ2v) is 8.77. The molecule has 0 amide bonds. The molecule has 0 radical (unpaired) electrons. The molecule has 0 bridgehead atoms. The third kappa shape index (κ3) is 4.89. The van der Waals surface area contributed by atoms with Gasteiger partial charge in [-0.25, -0.2) is 0 Å². The lowest BCUT2D eigenvalue weighted by atomic mass is 9.87. The molecule has 0 spiro atoms. The largest absolute Gasteiger partial charge is 0.488 e. The smallest absolute Gasteiger partial charge is 0.224 e. The molecule has 2 saturated heterocycles. The van der Waals surface area contributed by atoms with E-state index in [0.29, 0.717) is 30.2 Å². The molecule has 4 N–H and O–H groups in total. The van der Waals surface area contributed by atoms with E-state index in [1.807, 2.05) is 24.3 Å². The second kappa shape index (κ2) is 10.2. The lowest BCUT2D eigenvalue weighted by Gasteiger charge is -2.47. The molecule has 0 saturated carbocycles. The zero-order valence-corrected chi connectivity index (χ0v) is 19.0. The van der Waals surface area contributed by atoms with Crippen LogP contribution in [-0.4, -0.2) is 77.9 Å². The van der Waals surface area contributed by atoms with Crippen LogP contribution in [-0.2, 0) is 26.4 Å². The van der Waals surface area contributed by atoms with Crippen LogP contribution < -0.4 is 4.74 Å². The molecule has 2 aliphatic rings. The summed E-state index contributed by atoms with van der Waals surface area (Å²) in [5.74, 6) is -1.01. The van der Waals surface area contributed by atoms with Crippen molar-refractivity contribution in [1.29, 1.82) is 0 Å². The lowest BCUT2D eigenvalue weighted by molar-refractivity contribution is -0.366. The third-order valence-electron chi connectivity index (χ3n) is 6.21. The Morgan fingerprint density at radius 3 is 2.48 bits per heavy atom. The minimum atomic E-state index is -1.79. The molecule has 180 valence electrons. The van der Waals surface area contributed by atoms with E-state index in [-0.39, 0.29) is 6.10 Å². The van der Waals surface area contributed by atoms with Crippen molar-refractivity contribution in [2.24, 2.45) is 0 Å². The summed E-state index contributed by atoms with van der Waals surface area (Å²) in [5, 5.41) is 41.3. The van der Waals surface area contributed by atoms with Crippen LogP contribution in [0.3, 0.4) is 0 Å². The van der Waals surface area contributed by atoms with Crippen molar-refractivity contribution in [1.82, 2.24) is 0 Å². The first kappa shape index (κ1) is 24.4. The van der Waals surface area contributed by atoms with E-state index in [1.54, 1.807) is 18.2 Å². The number of rotatable bonds is 7. The van der Waals surface area contributed by atoms with Crippen molar-refractivity contribution in [2.45, 2.75) is 49.1 Å². The van der Waals surface area contributed by atoms with Crippen molar-refractivity contribution >= 4 is 11.6 Å². The number of halogens is 1. The summed E-state index contributed by atoms with van der Waals surface area (Å²) in [6.45, 7) is 0.758. The predicted molar refractivity (Wildman–Crippen MR) is 119 cm³/mol. The SMILES string of the molecule is CO[C@]1(c2ccc(Cl)c(Cc3ccc(OC4CCOC4)cc3)c2)O[C@@H](CO)[C@H](O)[C@@H](O)[C@@H]1O. The van der Waals surface area contributed by atoms with Gasteiger partial charge < -0.3 is 39.4 Å². The highest BCUT2D eigenvalue weighted by molar-refractivity contribution is 6.31. The highest BCUT2D eigenvalue weighted by Crippen LogP contribution is 2.40. The Bertz CT molecular complexity index is 931. The molecular weight excluding hydrogens is 452 g/mol. The zero-order valence-electron chi connectivity index (χ0n) is 18.3. The Labute approximate surface area is 197 Å². The number of aliphatic hydroxyl groups excluding tert-OH is 4.